The summed E-state index contributed by atoms with van der Waals surface area (Å²) in [5.74, 6) is 1.98. The molecule has 0 radical (unpaired) electrons. The van der Waals surface area contributed by atoms with Crippen molar-refractivity contribution in [2.75, 3.05) is 6.61 Å². The smallest absolute Gasteiger partial charge is 0.138 e. The van der Waals surface area contributed by atoms with Crippen LogP contribution >= 0.6 is 0 Å². The third-order valence-electron chi connectivity index (χ3n) is 2.95. The van der Waals surface area contributed by atoms with E-state index in [2.05, 4.69) is 0 Å². The number of hydrogen-bond donors (Lipinski definition) is 0. The Bertz CT molecular complexity index is 392. The summed E-state index contributed by atoms with van der Waals surface area (Å²) < 4.78 is 11.2. The lowest BCUT2D eigenvalue weighted by atomic mass is 9.88. The monoisotopic (exact) mass is 208 g/mol. The van der Waals surface area contributed by atoms with Crippen LogP contribution in [0.3, 0.4) is 0 Å². The lowest BCUT2D eigenvalue weighted by molar-refractivity contribution is -0.139. The molecule has 1 unspecified atom stereocenters. The number of carbonyl (C=O) groups excluding carboxylic acids is 1. The third kappa shape index (κ3) is 1.84. The lowest BCUT2D eigenvalue weighted by Gasteiger charge is -2.32. The normalized spacial score (nSPS) is 27.0. The summed E-state index contributed by atoms with van der Waals surface area (Å²) in [6, 6.07) is 1.97. The fourth-order valence-corrected chi connectivity index (χ4v) is 2.23. The van der Waals surface area contributed by atoms with Crippen LogP contribution < -0.4 is 0 Å². The van der Waals surface area contributed by atoms with Gasteiger partial charge in [0.2, 0.25) is 0 Å². The van der Waals surface area contributed by atoms with Gasteiger partial charge in [0.25, 0.3) is 0 Å². The molecule has 1 aromatic heterocycles. The zero-order chi connectivity index (χ0) is 11.1. The van der Waals surface area contributed by atoms with E-state index < -0.39 is 5.60 Å². The molecule has 0 amide bonds. The standard InChI is InChI=1S/C12H16O3/c1-8-6-11(9(2)15-8)12(3)7-10(13)4-5-14-12/h6H,4-5,7H2,1-3H3. The summed E-state index contributed by atoms with van der Waals surface area (Å²) in [5, 5.41) is 0. The SMILES string of the molecule is Cc1cc(C2(C)CC(=O)CCO2)c(C)o1. The molecule has 1 aliphatic rings. The zero-order valence-corrected chi connectivity index (χ0v) is 9.42. The number of aryl methyl sites for hydroxylation is 2. The van der Waals surface area contributed by atoms with Gasteiger partial charge in [-0.25, -0.2) is 0 Å². The largest absolute Gasteiger partial charge is 0.466 e. The highest BCUT2D eigenvalue weighted by Crippen LogP contribution is 2.36. The van der Waals surface area contributed by atoms with Crippen molar-refractivity contribution in [2.24, 2.45) is 0 Å². The molecule has 1 aliphatic heterocycles. The minimum Gasteiger partial charge on any atom is -0.466 e. The molecule has 0 saturated carbocycles. The van der Waals surface area contributed by atoms with Gasteiger partial charge >= 0.3 is 0 Å². The first-order valence-electron chi connectivity index (χ1n) is 5.24. The van der Waals surface area contributed by atoms with Gasteiger partial charge in [0.15, 0.2) is 0 Å². The van der Waals surface area contributed by atoms with Gasteiger partial charge in [-0.2, -0.15) is 0 Å². The van der Waals surface area contributed by atoms with E-state index in [-0.39, 0.29) is 5.78 Å². The number of ether oxygens (including phenoxy) is 1. The first kappa shape index (κ1) is 10.4. The van der Waals surface area contributed by atoms with Crippen LogP contribution in [0.5, 0.6) is 0 Å². The Balaban J connectivity index is 2.35. The van der Waals surface area contributed by atoms with Gasteiger partial charge in [0.1, 0.15) is 22.9 Å². The summed E-state index contributed by atoms with van der Waals surface area (Å²) in [5.41, 5.74) is 0.519. The van der Waals surface area contributed by atoms with Crippen LogP contribution in [0.1, 0.15) is 36.8 Å². The van der Waals surface area contributed by atoms with Gasteiger partial charge in [0, 0.05) is 18.4 Å². The number of ketones is 1. The van der Waals surface area contributed by atoms with E-state index in [1.165, 1.54) is 0 Å². The van der Waals surface area contributed by atoms with Gasteiger partial charge in [-0.1, -0.05) is 0 Å². The summed E-state index contributed by atoms with van der Waals surface area (Å²) in [6.07, 6.45) is 0.984. The van der Waals surface area contributed by atoms with E-state index in [1.54, 1.807) is 0 Å². The molecule has 0 bridgehead atoms. The minimum absolute atomic E-state index is 0.266. The van der Waals surface area contributed by atoms with Crippen LogP contribution in [0.15, 0.2) is 10.5 Å². The Kier molecular flexibility index (Phi) is 2.43. The molecule has 1 aromatic rings. The van der Waals surface area contributed by atoms with E-state index in [1.807, 2.05) is 26.8 Å². The van der Waals surface area contributed by atoms with Gasteiger partial charge in [-0.3, -0.25) is 4.79 Å². The number of rotatable bonds is 1. The predicted molar refractivity (Wildman–Crippen MR) is 55.7 cm³/mol. The molecular weight excluding hydrogens is 192 g/mol. The first-order valence-corrected chi connectivity index (χ1v) is 5.24. The van der Waals surface area contributed by atoms with E-state index in [0.717, 1.165) is 17.1 Å². The molecule has 0 N–H and O–H groups in total. The van der Waals surface area contributed by atoms with Crippen molar-refractivity contribution in [1.82, 2.24) is 0 Å². The van der Waals surface area contributed by atoms with Crippen LogP contribution in [0.4, 0.5) is 0 Å². The van der Waals surface area contributed by atoms with Crippen LogP contribution in [0, 0.1) is 13.8 Å². The summed E-state index contributed by atoms with van der Waals surface area (Å²) in [7, 11) is 0. The minimum atomic E-state index is -0.489. The van der Waals surface area contributed by atoms with Gasteiger partial charge in [0.05, 0.1) is 6.61 Å². The molecule has 2 heterocycles. The van der Waals surface area contributed by atoms with Crippen molar-refractivity contribution in [3.8, 4) is 0 Å². The molecule has 0 aromatic carbocycles. The Morgan fingerprint density at radius 3 is 2.67 bits per heavy atom. The molecule has 3 heteroatoms. The van der Waals surface area contributed by atoms with E-state index >= 15 is 0 Å². The third-order valence-corrected chi connectivity index (χ3v) is 2.95. The van der Waals surface area contributed by atoms with Gasteiger partial charge < -0.3 is 9.15 Å². The van der Waals surface area contributed by atoms with Crippen molar-refractivity contribution < 1.29 is 13.9 Å². The van der Waals surface area contributed by atoms with E-state index in [0.29, 0.717) is 19.4 Å². The molecule has 1 fully saturated rings. The zero-order valence-electron chi connectivity index (χ0n) is 9.42. The molecular formula is C12H16O3. The van der Waals surface area contributed by atoms with Crippen LogP contribution in [-0.4, -0.2) is 12.4 Å². The number of furan rings is 1. The highest BCUT2D eigenvalue weighted by Gasteiger charge is 2.36. The maximum absolute atomic E-state index is 11.5. The fraction of sp³-hybridized carbons (Fsp3) is 0.583. The molecule has 3 nitrogen and oxygen atoms in total. The van der Waals surface area contributed by atoms with E-state index in [4.69, 9.17) is 9.15 Å². The topological polar surface area (TPSA) is 39.4 Å². The Morgan fingerprint density at radius 1 is 1.40 bits per heavy atom. The average molecular weight is 208 g/mol. The first-order chi connectivity index (χ1) is 7.01. The van der Waals surface area contributed by atoms with Crippen LogP contribution in [-0.2, 0) is 15.1 Å². The molecule has 1 atom stereocenters. The van der Waals surface area contributed by atoms with Crippen LogP contribution in [0.25, 0.3) is 0 Å². The van der Waals surface area contributed by atoms with Gasteiger partial charge in [-0.15, -0.1) is 0 Å². The van der Waals surface area contributed by atoms with Crippen molar-refractivity contribution in [3.63, 3.8) is 0 Å². The van der Waals surface area contributed by atoms with Gasteiger partial charge in [-0.05, 0) is 26.8 Å². The second-order valence-electron chi connectivity index (χ2n) is 4.37. The highest BCUT2D eigenvalue weighted by molar-refractivity contribution is 5.80. The molecule has 82 valence electrons. The van der Waals surface area contributed by atoms with Crippen molar-refractivity contribution in [1.29, 1.82) is 0 Å². The highest BCUT2D eigenvalue weighted by atomic mass is 16.5. The maximum Gasteiger partial charge on any atom is 0.138 e. The second kappa shape index (κ2) is 3.49. The summed E-state index contributed by atoms with van der Waals surface area (Å²) in [4.78, 5) is 11.5. The Morgan fingerprint density at radius 2 is 2.13 bits per heavy atom. The van der Waals surface area contributed by atoms with Crippen molar-refractivity contribution in [2.45, 2.75) is 39.2 Å². The van der Waals surface area contributed by atoms with Crippen molar-refractivity contribution >= 4 is 5.78 Å². The molecule has 0 spiro atoms. The Hall–Kier alpha value is -1.09. The lowest BCUT2D eigenvalue weighted by Crippen LogP contribution is -2.35. The molecule has 1 saturated heterocycles. The van der Waals surface area contributed by atoms with Crippen LogP contribution in [0.2, 0.25) is 0 Å². The molecule has 2 rings (SSSR count). The second-order valence-corrected chi connectivity index (χ2v) is 4.37. The average Bonchev–Trinajstić information content (AvgIpc) is 2.45. The quantitative estimate of drug-likeness (QED) is 0.711. The fourth-order valence-electron chi connectivity index (χ4n) is 2.23. The van der Waals surface area contributed by atoms with Crippen molar-refractivity contribution in [3.05, 3.63) is 23.2 Å². The summed E-state index contributed by atoms with van der Waals surface area (Å²) in [6.45, 7) is 6.29. The summed E-state index contributed by atoms with van der Waals surface area (Å²) >= 11 is 0. The number of carbonyl (C=O) groups is 1. The number of Topliss-reactive ketones (excluding diaryl/α,β-unsaturated/α-hetero) is 1. The number of hydrogen-bond acceptors (Lipinski definition) is 3. The maximum atomic E-state index is 11.5. The van der Waals surface area contributed by atoms with E-state index in [9.17, 15) is 4.79 Å². The predicted octanol–water partition coefficient (Wildman–Crippen LogP) is 2.49. The molecule has 0 aliphatic carbocycles. The Labute approximate surface area is 89.4 Å². The molecule has 15 heavy (non-hydrogen) atoms.